The molecule has 6 heteroatoms. The molecule has 3 rings (SSSR count). The molecule has 25 heavy (non-hydrogen) atoms. The lowest BCUT2D eigenvalue weighted by molar-refractivity contribution is -0.121. The molecule has 130 valence electrons. The number of benzene rings is 1. The van der Waals surface area contributed by atoms with Crippen LogP contribution in [0.2, 0.25) is 0 Å². The SMILES string of the molecule is Cc1ccc(C(C)(O)CNC(=O)Cc2coc(-c3ccccc3)n2)o1. The van der Waals surface area contributed by atoms with Crippen LogP contribution in [-0.2, 0) is 16.8 Å². The molecule has 2 heterocycles. The van der Waals surface area contributed by atoms with Crippen LogP contribution < -0.4 is 5.32 Å². The van der Waals surface area contributed by atoms with Crippen molar-refractivity contribution < 1.29 is 18.7 Å². The van der Waals surface area contributed by atoms with Crippen molar-refractivity contribution in [2.45, 2.75) is 25.9 Å². The summed E-state index contributed by atoms with van der Waals surface area (Å²) >= 11 is 0. The number of nitrogens with one attached hydrogen (secondary N) is 1. The number of aryl methyl sites for hydroxylation is 1. The third-order valence-corrected chi connectivity index (χ3v) is 3.82. The number of hydrogen-bond acceptors (Lipinski definition) is 5. The van der Waals surface area contributed by atoms with Crippen molar-refractivity contribution >= 4 is 5.91 Å². The third kappa shape index (κ3) is 4.16. The summed E-state index contributed by atoms with van der Waals surface area (Å²) in [7, 11) is 0. The minimum atomic E-state index is -1.27. The second kappa shape index (κ2) is 6.94. The van der Waals surface area contributed by atoms with E-state index in [1.54, 1.807) is 26.0 Å². The lowest BCUT2D eigenvalue weighted by Gasteiger charge is -2.21. The zero-order chi connectivity index (χ0) is 17.9. The first kappa shape index (κ1) is 17.0. The predicted molar refractivity (Wildman–Crippen MR) is 91.7 cm³/mol. The number of rotatable bonds is 6. The summed E-state index contributed by atoms with van der Waals surface area (Å²) in [5.74, 6) is 1.34. The molecule has 3 aromatic rings. The van der Waals surface area contributed by atoms with E-state index < -0.39 is 5.60 Å². The quantitative estimate of drug-likeness (QED) is 0.720. The molecule has 2 aromatic heterocycles. The number of carbonyl (C=O) groups is 1. The molecule has 0 fully saturated rings. The minimum Gasteiger partial charge on any atom is -0.463 e. The number of nitrogens with zero attached hydrogens (tertiary/aromatic N) is 1. The molecule has 0 bridgehead atoms. The summed E-state index contributed by atoms with van der Waals surface area (Å²) in [6.07, 6.45) is 1.54. The largest absolute Gasteiger partial charge is 0.463 e. The summed E-state index contributed by atoms with van der Waals surface area (Å²) in [4.78, 5) is 16.4. The van der Waals surface area contributed by atoms with Gasteiger partial charge in [-0.1, -0.05) is 18.2 Å². The van der Waals surface area contributed by atoms with Crippen LogP contribution in [0.4, 0.5) is 0 Å². The Labute approximate surface area is 145 Å². The van der Waals surface area contributed by atoms with Gasteiger partial charge in [-0.15, -0.1) is 0 Å². The molecule has 1 amide bonds. The highest BCUT2D eigenvalue weighted by Crippen LogP contribution is 2.22. The van der Waals surface area contributed by atoms with Crippen molar-refractivity contribution in [3.05, 3.63) is 65.9 Å². The highest BCUT2D eigenvalue weighted by Gasteiger charge is 2.27. The number of carbonyl (C=O) groups excluding carboxylic acids is 1. The molecule has 1 atom stereocenters. The van der Waals surface area contributed by atoms with Gasteiger partial charge >= 0.3 is 0 Å². The topological polar surface area (TPSA) is 88.5 Å². The van der Waals surface area contributed by atoms with E-state index in [1.165, 1.54) is 6.26 Å². The van der Waals surface area contributed by atoms with Crippen LogP contribution in [0.5, 0.6) is 0 Å². The highest BCUT2D eigenvalue weighted by atomic mass is 16.4. The van der Waals surface area contributed by atoms with Crippen molar-refractivity contribution in [1.82, 2.24) is 10.3 Å². The van der Waals surface area contributed by atoms with Crippen molar-refractivity contribution in [3.8, 4) is 11.5 Å². The third-order valence-electron chi connectivity index (χ3n) is 3.82. The van der Waals surface area contributed by atoms with Crippen molar-refractivity contribution in [2.24, 2.45) is 0 Å². The lowest BCUT2D eigenvalue weighted by atomic mass is 10.0. The molecule has 0 spiro atoms. The van der Waals surface area contributed by atoms with Gasteiger partial charge in [0.15, 0.2) is 0 Å². The Bertz CT molecular complexity index is 849. The lowest BCUT2D eigenvalue weighted by Crippen LogP contribution is -2.39. The molecular weight excluding hydrogens is 320 g/mol. The average molecular weight is 340 g/mol. The normalized spacial score (nSPS) is 13.4. The van der Waals surface area contributed by atoms with Crippen molar-refractivity contribution in [3.63, 3.8) is 0 Å². The van der Waals surface area contributed by atoms with Gasteiger partial charge in [-0.3, -0.25) is 4.79 Å². The van der Waals surface area contributed by atoms with E-state index in [-0.39, 0.29) is 18.9 Å². The van der Waals surface area contributed by atoms with Crippen LogP contribution in [0.25, 0.3) is 11.5 Å². The first-order valence-corrected chi connectivity index (χ1v) is 8.00. The van der Waals surface area contributed by atoms with Gasteiger partial charge in [-0.2, -0.15) is 0 Å². The Morgan fingerprint density at radius 2 is 2.00 bits per heavy atom. The van der Waals surface area contributed by atoms with E-state index in [9.17, 15) is 9.90 Å². The first-order valence-electron chi connectivity index (χ1n) is 8.00. The van der Waals surface area contributed by atoms with Crippen LogP contribution in [-0.4, -0.2) is 22.5 Å². The molecule has 6 nitrogen and oxygen atoms in total. The number of hydrogen-bond donors (Lipinski definition) is 2. The van der Waals surface area contributed by atoms with Crippen molar-refractivity contribution in [1.29, 1.82) is 0 Å². The predicted octanol–water partition coefficient (Wildman–Crippen LogP) is 2.81. The van der Waals surface area contributed by atoms with Gasteiger partial charge < -0.3 is 19.3 Å². The Morgan fingerprint density at radius 3 is 2.68 bits per heavy atom. The van der Waals surface area contributed by atoms with Crippen LogP contribution in [0, 0.1) is 6.92 Å². The van der Waals surface area contributed by atoms with Gasteiger partial charge in [0.2, 0.25) is 11.8 Å². The van der Waals surface area contributed by atoms with Gasteiger partial charge in [-0.05, 0) is 38.1 Å². The maximum Gasteiger partial charge on any atom is 0.226 e. The van der Waals surface area contributed by atoms with E-state index in [0.717, 1.165) is 5.56 Å². The van der Waals surface area contributed by atoms with Gasteiger partial charge in [0.1, 0.15) is 23.4 Å². The zero-order valence-electron chi connectivity index (χ0n) is 14.2. The summed E-state index contributed by atoms with van der Waals surface area (Å²) in [6.45, 7) is 3.43. The fourth-order valence-corrected chi connectivity index (χ4v) is 2.41. The molecule has 1 unspecified atom stereocenters. The molecule has 0 aliphatic heterocycles. The van der Waals surface area contributed by atoms with E-state index in [4.69, 9.17) is 8.83 Å². The Kier molecular flexibility index (Phi) is 4.72. The maximum atomic E-state index is 12.1. The zero-order valence-corrected chi connectivity index (χ0v) is 14.2. The standard InChI is InChI=1S/C19H20N2O4/c1-13-8-9-16(25-13)19(2,23)12-20-17(22)10-15-11-24-18(21-15)14-6-4-3-5-7-14/h3-9,11,23H,10,12H2,1-2H3,(H,20,22). The molecular formula is C19H20N2O4. The second-order valence-electron chi connectivity index (χ2n) is 6.15. The minimum absolute atomic E-state index is 0.0438. The monoisotopic (exact) mass is 340 g/mol. The van der Waals surface area contributed by atoms with E-state index >= 15 is 0 Å². The van der Waals surface area contributed by atoms with Crippen molar-refractivity contribution in [2.75, 3.05) is 6.54 Å². The van der Waals surface area contributed by atoms with E-state index in [1.807, 2.05) is 30.3 Å². The molecule has 0 saturated carbocycles. The Morgan fingerprint density at radius 1 is 1.24 bits per heavy atom. The number of furan rings is 1. The molecule has 1 aromatic carbocycles. The summed E-state index contributed by atoms with van der Waals surface area (Å²) in [5.41, 5.74) is 0.110. The van der Waals surface area contributed by atoms with Crippen LogP contribution >= 0.6 is 0 Å². The van der Waals surface area contributed by atoms with Crippen LogP contribution in [0.3, 0.4) is 0 Å². The fourth-order valence-electron chi connectivity index (χ4n) is 2.41. The summed E-state index contributed by atoms with van der Waals surface area (Å²) in [6, 6.07) is 12.9. The molecule has 2 N–H and O–H groups in total. The van der Waals surface area contributed by atoms with Crippen LogP contribution in [0.1, 0.15) is 24.1 Å². The van der Waals surface area contributed by atoms with Gasteiger partial charge in [0.05, 0.1) is 18.7 Å². The fraction of sp³-hybridized carbons (Fsp3) is 0.263. The Balaban J connectivity index is 1.57. The summed E-state index contributed by atoms with van der Waals surface area (Å²) < 4.78 is 10.8. The molecule has 0 aliphatic carbocycles. The number of aromatic nitrogens is 1. The number of amides is 1. The highest BCUT2D eigenvalue weighted by molar-refractivity contribution is 5.78. The Hall–Kier alpha value is -2.86. The van der Waals surface area contributed by atoms with Gasteiger partial charge in [0, 0.05) is 5.56 Å². The number of oxazole rings is 1. The van der Waals surface area contributed by atoms with E-state index in [0.29, 0.717) is 23.1 Å². The molecule has 0 aliphatic rings. The van der Waals surface area contributed by atoms with Gasteiger partial charge in [0.25, 0.3) is 0 Å². The van der Waals surface area contributed by atoms with E-state index in [2.05, 4.69) is 10.3 Å². The molecule has 0 saturated heterocycles. The second-order valence-corrected chi connectivity index (χ2v) is 6.15. The number of aliphatic hydroxyl groups is 1. The van der Waals surface area contributed by atoms with Crippen LogP contribution in [0.15, 0.2) is 57.6 Å². The maximum absolute atomic E-state index is 12.1. The summed E-state index contributed by atoms with van der Waals surface area (Å²) in [5, 5.41) is 13.1. The molecule has 0 radical (unpaired) electrons. The smallest absolute Gasteiger partial charge is 0.226 e. The first-order chi connectivity index (χ1) is 11.9. The average Bonchev–Trinajstić information content (AvgIpc) is 3.23. The van der Waals surface area contributed by atoms with Gasteiger partial charge in [-0.25, -0.2) is 4.98 Å².